The summed E-state index contributed by atoms with van der Waals surface area (Å²) in [6.45, 7) is 2.15. The summed E-state index contributed by atoms with van der Waals surface area (Å²) in [5.74, 6) is 2.72. The highest BCUT2D eigenvalue weighted by Gasteiger charge is 2.42. The van der Waals surface area contributed by atoms with Crippen LogP contribution in [0.15, 0.2) is 29.2 Å². The predicted octanol–water partition coefficient (Wildman–Crippen LogP) is 3.61. The van der Waals surface area contributed by atoms with Crippen LogP contribution in [-0.4, -0.2) is 29.7 Å². The van der Waals surface area contributed by atoms with Gasteiger partial charge in [0.05, 0.1) is 11.3 Å². The molecule has 4 nitrogen and oxygen atoms in total. The summed E-state index contributed by atoms with van der Waals surface area (Å²) in [7, 11) is 0. The van der Waals surface area contributed by atoms with E-state index in [-0.39, 0.29) is 17.9 Å². The number of hydrogen-bond donors (Lipinski definition) is 2. The fraction of sp³-hybridized carbons (Fsp3) is 0.619. The minimum Gasteiger partial charge on any atom is -0.353 e. The second kappa shape index (κ2) is 7.63. The largest absolute Gasteiger partial charge is 0.353 e. The highest BCUT2D eigenvalue weighted by atomic mass is 32.2. The maximum Gasteiger partial charge on any atom is 0.252 e. The molecule has 0 saturated heterocycles. The van der Waals surface area contributed by atoms with Gasteiger partial charge in [-0.3, -0.25) is 9.59 Å². The summed E-state index contributed by atoms with van der Waals surface area (Å²) in [4.78, 5) is 25.7. The van der Waals surface area contributed by atoms with E-state index in [2.05, 4.69) is 17.6 Å². The number of nitrogens with one attached hydrogen (secondary N) is 2. The second-order valence-corrected chi connectivity index (χ2v) is 9.24. The lowest BCUT2D eigenvalue weighted by atomic mass is 9.84. The molecule has 2 N–H and O–H groups in total. The van der Waals surface area contributed by atoms with Gasteiger partial charge < -0.3 is 10.6 Å². The Kier molecular flexibility index (Phi) is 5.25. The lowest BCUT2D eigenvalue weighted by molar-refractivity contribution is -0.118. The van der Waals surface area contributed by atoms with Gasteiger partial charge in [0.15, 0.2) is 0 Å². The Morgan fingerprint density at radius 2 is 1.96 bits per heavy atom. The number of carbonyl (C=O) groups is 2. The molecule has 1 aromatic carbocycles. The van der Waals surface area contributed by atoms with Crippen LogP contribution in [0.4, 0.5) is 0 Å². The average molecular weight is 373 g/mol. The van der Waals surface area contributed by atoms with Gasteiger partial charge in [0.1, 0.15) is 0 Å². The van der Waals surface area contributed by atoms with Gasteiger partial charge in [-0.2, -0.15) is 0 Å². The predicted molar refractivity (Wildman–Crippen MR) is 104 cm³/mol. The van der Waals surface area contributed by atoms with Gasteiger partial charge in [-0.1, -0.05) is 18.6 Å². The van der Waals surface area contributed by atoms with E-state index in [1.807, 2.05) is 24.3 Å². The summed E-state index contributed by atoms with van der Waals surface area (Å²) in [6, 6.07) is 8.22. The number of fused-ring (bicyclic) bond motifs is 2. The summed E-state index contributed by atoms with van der Waals surface area (Å²) < 4.78 is 0. The SMILES string of the molecule is CC(NC(=O)c1ccccc1SCC(=O)NC1CC1)C1CC2CCC1C2. The van der Waals surface area contributed by atoms with Crippen LogP contribution in [0.3, 0.4) is 0 Å². The van der Waals surface area contributed by atoms with Crippen molar-refractivity contribution in [2.24, 2.45) is 17.8 Å². The van der Waals surface area contributed by atoms with Crippen molar-refractivity contribution in [2.45, 2.75) is 62.4 Å². The van der Waals surface area contributed by atoms with Crippen LogP contribution in [0.5, 0.6) is 0 Å². The van der Waals surface area contributed by atoms with Crippen LogP contribution >= 0.6 is 11.8 Å². The molecule has 5 heteroatoms. The van der Waals surface area contributed by atoms with Crippen LogP contribution in [0.25, 0.3) is 0 Å². The van der Waals surface area contributed by atoms with E-state index in [9.17, 15) is 9.59 Å². The van der Waals surface area contributed by atoms with Crippen molar-refractivity contribution in [2.75, 3.05) is 5.75 Å². The Bertz CT molecular complexity index is 688. The van der Waals surface area contributed by atoms with Crippen molar-refractivity contribution in [1.29, 1.82) is 0 Å². The normalized spacial score (nSPS) is 28.0. The highest BCUT2D eigenvalue weighted by Crippen LogP contribution is 2.49. The van der Waals surface area contributed by atoms with Gasteiger partial charge in [-0.15, -0.1) is 11.8 Å². The van der Waals surface area contributed by atoms with Gasteiger partial charge in [-0.05, 0) is 68.9 Å². The molecule has 140 valence electrons. The molecular formula is C21H28N2O2S. The van der Waals surface area contributed by atoms with E-state index in [0.29, 0.717) is 23.3 Å². The first-order chi connectivity index (χ1) is 12.6. The summed E-state index contributed by atoms with van der Waals surface area (Å²) in [6.07, 6.45) is 7.52. The molecule has 3 aliphatic carbocycles. The van der Waals surface area contributed by atoms with Crippen molar-refractivity contribution >= 4 is 23.6 Å². The van der Waals surface area contributed by atoms with Crippen LogP contribution in [0.1, 0.15) is 55.8 Å². The Balaban J connectivity index is 1.35. The Morgan fingerprint density at radius 3 is 2.65 bits per heavy atom. The maximum atomic E-state index is 12.8. The molecule has 0 aliphatic heterocycles. The van der Waals surface area contributed by atoms with Crippen molar-refractivity contribution in [3.05, 3.63) is 29.8 Å². The fourth-order valence-electron chi connectivity index (χ4n) is 4.72. The average Bonchev–Trinajstić information content (AvgIpc) is 3.18. The van der Waals surface area contributed by atoms with Crippen molar-refractivity contribution in [3.8, 4) is 0 Å². The van der Waals surface area contributed by atoms with Crippen LogP contribution in [0.2, 0.25) is 0 Å². The van der Waals surface area contributed by atoms with Crippen LogP contribution in [0, 0.1) is 17.8 Å². The van der Waals surface area contributed by atoms with Gasteiger partial charge in [-0.25, -0.2) is 0 Å². The molecule has 3 aliphatic rings. The van der Waals surface area contributed by atoms with Gasteiger partial charge in [0.25, 0.3) is 5.91 Å². The lowest BCUT2D eigenvalue weighted by Crippen LogP contribution is -2.40. The summed E-state index contributed by atoms with van der Waals surface area (Å²) in [5.41, 5.74) is 0.687. The highest BCUT2D eigenvalue weighted by molar-refractivity contribution is 8.00. The van der Waals surface area contributed by atoms with Crippen molar-refractivity contribution in [3.63, 3.8) is 0 Å². The molecule has 0 spiro atoms. The number of carbonyl (C=O) groups excluding carboxylic acids is 2. The van der Waals surface area contributed by atoms with E-state index < -0.39 is 0 Å². The molecule has 4 unspecified atom stereocenters. The minimum absolute atomic E-state index is 0.00836. The number of hydrogen-bond acceptors (Lipinski definition) is 3. The van der Waals surface area contributed by atoms with Gasteiger partial charge >= 0.3 is 0 Å². The van der Waals surface area contributed by atoms with Crippen molar-refractivity contribution < 1.29 is 9.59 Å². The Labute approximate surface area is 159 Å². The number of thioether (sulfide) groups is 1. The third-order valence-electron chi connectivity index (χ3n) is 6.23. The van der Waals surface area contributed by atoms with E-state index in [0.717, 1.165) is 29.6 Å². The zero-order valence-electron chi connectivity index (χ0n) is 15.4. The molecule has 3 fully saturated rings. The molecule has 0 aromatic heterocycles. The van der Waals surface area contributed by atoms with E-state index in [1.54, 1.807) is 0 Å². The molecule has 2 bridgehead atoms. The van der Waals surface area contributed by atoms with Gasteiger partial charge in [0, 0.05) is 17.0 Å². The molecule has 4 atom stereocenters. The topological polar surface area (TPSA) is 58.2 Å². The first-order valence-electron chi connectivity index (χ1n) is 9.92. The molecule has 2 amide bonds. The lowest BCUT2D eigenvalue weighted by Gasteiger charge is -2.28. The second-order valence-electron chi connectivity index (χ2n) is 8.23. The number of benzene rings is 1. The smallest absolute Gasteiger partial charge is 0.252 e. The third-order valence-corrected chi connectivity index (χ3v) is 7.30. The molecule has 26 heavy (non-hydrogen) atoms. The van der Waals surface area contributed by atoms with E-state index >= 15 is 0 Å². The molecule has 4 rings (SSSR count). The monoisotopic (exact) mass is 372 g/mol. The maximum absolute atomic E-state index is 12.8. The minimum atomic E-state index is -0.00836. The molecule has 0 heterocycles. The standard InChI is InChI=1S/C21H28N2O2S/c1-13(18-11-14-6-7-15(18)10-14)22-21(25)17-4-2-3-5-19(17)26-12-20(24)23-16-8-9-16/h2-5,13-16,18H,6-12H2,1H3,(H,22,25)(H,23,24). The molecule has 3 saturated carbocycles. The quantitative estimate of drug-likeness (QED) is 0.719. The van der Waals surface area contributed by atoms with Crippen molar-refractivity contribution in [1.82, 2.24) is 10.6 Å². The fourth-order valence-corrected chi connectivity index (χ4v) is 5.58. The first-order valence-corrected chi connectivity index (χ1v) is 10.9. The number of rotatable bonds is 7. The first kappa shape index (κ1) is 17.9. The van der Waals surface area contributed by atoms with Gasteiger partial charge in [0.2, 0.25) is 5.91 Å². The molecular weight excluding hydrogens is 344 g/mol. The summed E-state index contributed by atoms with van der Waals surface area (Å²) >= 11 is 1.45. The molecule has 1 aromatic rings. The zero-order valence-corrected chi connectivity index (χ0v) is 16.2. The number of amides is 2. The van der Waals surface area contributed by atoms with Crippen LogP contribution in [-0.2, 0) is 4.79 Å². The summed E-state index contributed by atoms with van der Waals surface area (Å²) in [5, 5.41) is 6.24. The van der Waals surface area contributed by atoms with Crippen LogP contribution < -0.4 is 10.6 Å². The Morgan fingerprint density at radius 1 is 1.15 bits per heavy atom. The third kappa shape index (κ3) is 4.08. The molecule has 0 radical (unpaired) electrons. The Hall–Kier alpha value is -1.49. The van der Waals surface area contributed by atoms with E-state index in [1.165, 1.54) is 37.4 Å². The zero-order chi connectivity index (χ0) is 18.1. The van der Waals surface area contributed by atoms with E-state index in [4.69, 9.17) is 0 Å².